The monoisotopic (exact) mass is 158 g/mol. The van der Waals surface area contributed by atoms with Crippen molar-refractivity contribution in [2.75, 3.05) is 0 Å². The molecule has 0 aliphatic rings. The van der Waals surface area contributed by atoms with Gasteiger partial charge in [-0.3, -0.25) is 0 Å². The summed E-state index contributed by atoms with van der Waals surface area (Å²) in [7, 11) is 0. The average molecular weight is 159 g/mol. The van der Waals surface area contributed by atoms with Crippen molar-refractivity contribution in [3.63, 3.8) is 0 Å². The van der Waals surface area contributed by atoms with Gasteiger partial charge in [0.2, 0.25) is 0 Å². The first kappa shape index (κ1) is 5.63. The lowest BCUT2D eigenvalue weighted by molar-refractivity contribution is -0.301. The van der Waals surface area contributed by atoms with E-state index in [4.69, 9.17) is 14.4 Å². The van der Waals surface area contributed by atoms with Gasteiger partial charge < -0.3 is 14.4 Å². The van der Waals surface area contributed by atoms with Crippen LogP contribution >= 0.6 is 21.8 Å². The van der Waals surface area contributed by atoms with Crippen molar-refractivity contribution in [1.82, 2.24) is 0 Å². The number of rotatable bonds is 0. The summed E-state index contributed by atoms with van der Waals surface area (Å²) in [5.41, 5.74) is 0. The van der Waals surface area contributed by atoms with Crippen LogP contribution in [0.2, 0.25) is 0 Å². The third-order valence-corrected chi connectivity index (χ3v) is 0. The summed E-state index contributed by atoms with van der Waals surface area (Å²) in [5, 5.41) is 0. The smallest absolute Gasteiger partial charge is 0.000141 e. The van der Waals surface area contributed by atoms with Crippen LogP contribution in [0.25, 0.3) is 0 Å². The molecule has 3 nitrogen and oxygen atoms in total. The van der Waals surface area contributed by atoms with E-state index >= 15 is 0 Å². The van der Waals surface area contributed by atoms with Crippen LogP contribution in [0.5, 0.6) is 0 Å². The second-order valence-corrected chi connectivity index (χ2v) is 3.90. The zero-order valence-corrected chi connectivity index (χ0v) is 4.53. The van der Waals surface area contributed by atoms with E-state index in [0.717, 1.165) is 0 Å². The fourth-order valence-electron chi connectivity index (χ4n) is 0. The Balaban J connectivity index is 3.47. The molecule has 5 heavy (non-hydrogen) atoms. The summed E-state index contributed by atoms with van der Waals surface area (Å²) in [6, 6.07) is 0. The maximum absolute atomic E-state index is 9.02. The number of hydrogen-bond acceptors (Lipinski definition) is 3. The highest BCUT2D eigenvalue weighted by atomic mass is 79.9. The predicted octanol–water partition coefficient (Wildman–Crippen LogP) is -0.790. The molecule has 5 heteroatoms. The quantitative estimate of drug-likeness (QED) is 0.435. The standard InChI is InChI=1S/BrH2O3P/c1-5(2,3)4/h(H2,2,3,4)/p-2. The molecule has 0 saturated heterocycles. The van der Waals surface area contributed by atoms with Gasteiger partial charge in [0.15, 0.2) is 0 Å². The van der Waals surface area contributed by atoms with E-state index in [9.17, 15) is 0 Å². The SMILES string of the molecule is O=P([O-])([O-])Br. The molecule has 0 aliphatic heterocycles. The zero-order valence-electron chi connectivity index (χ0n) is 2.05. The molecule has 0 heterocycles. The molecule has 32 valence electrons. The largest absolute Gasteiger partial charge is 0.803 e. The fraction of sp³-hybridized carbons (Fsp3) is 0. The normalized spacial score (nSPS) is 11.8. The first-order chi connectivity index (χ1) is 2.00. The molecule has 0 aromatic heterocycles. The summed E-state index contributed by atoms with van der Waals surface area (Å²) < 4.78 is 9.02. The second-order valence-electron chi connectivity index (χ2n) is 0.431. The molecule has 0 amide bonds. The van der Waals surface area contributed by atoms with E-state index in [1.54, 1.807) is 0 Å². The fourth-order valence-corrected chi connectivity index (χ4v) is 0. The maximum atomic E-state index is 9.02. The third kappa shape index (κ3) is 80.7. The lowest BCUT2D eigenvalue weighted by Gasteiger charge is -2.18. The van der Waals surface area contributed by atoms with Gasteiger partial charge in [-0.05, 0) is 0 Å². The molecule has 0 aromatic carbocycles. The Kier molecular flexibility index (Phi) is 1.56. The summed E-state index contributed by atoms with van der Waals surface area (Å²) in [6.07, 6.45) is -4.33. The van der Waals surface area contributed by atoms with Crippen LogP contribution in [0.1, 0.15) is 0 Å². The van der Waals surface area contributed by atoms with E-state index in [-0.39, 0.29) is 0 Å². The average Bonchev–Trinajstić information content (AvgIpc) is 0.722. The van der Waals surface area contributed by atoms with Crippen molar-refractivity contribution in [2.45, 2.75) is 0 Å². The first-order valence-corrected chi connectivity index (χ1v) is 4.28. The zero-order chi connectivity index (χ0) is 4.50. The first-order valence-electron chi connectivity index (χ1n) is 0.717. The van der Waals surface area contributed by atoms with Gasteiger partial charge in [-0.2, -0.15) is 0 Å². The molecular weight excluding hydrogens is 159 g/mol. The molecule has 0 spiro atoms. The minimum atomic E-state index is -4.33. The summed E-state index contributed by atoms with van der Waals surface area (Å²) in [5.74, 6) is 0. The Bertz CT molecular complexity index is 53.0. The van der Waals surface area contributed by atoms with Gasteiger partial charge in [-0.15, -0.1) is 0 Å². The van der Waals surface area contributed by atoms with E-state index in [1.807, 2.05) is 15.5 Å². The van der Waals surface area contributed by atoms with Crippen LogP contribution in [0.3, 0.4) is 0 Å². The highest BCUT2D eigenvalue weighted by Gasteiger charge is 1.65. The Morgan fingerprint density at radius 2 is 1.60 bits per heavy atom. The molecule has 0 unspecified atom stereocenters. The molecule has 0 N–H and O–H groups in total. The minimum absolute atomic E-state index is 1.82. The Hall–Kier alpha value is 0.630. The summed E-state index contributed by atoms with van der Waals surface area (Å²) >= 11 is 1.82. The van der Waals surface area contributed by atoms with Crippen LogP contribution in [-0.2, 0) is 4.57 Å². The third-order valence-electron chi connectivity index (χ3n) is 0. The Morgan fingerprint density at radius 1 is 1.60 bits per heavy atom. The van der Waals surface area contributed by atoms with Crippen molar-refractivity contribution in [2.24, 2.45) is 0 Å². The van der Waals surface area contributed by atoms with Crippen LogP contribution in [0.15, 0.2) is 0 Å². The highest BCUT2D eigenvalue weighted by molar-refractivity contribution is 9.38. The van der Waals surface area contributed by atoms with Gasteiger partial charge in [0.05, 0.1) is 0 Å². The van der Waals surface area contributed by atoms with Gasteiger partial charge >= 0.3 is 0 Å². The molecule has 0 fully saturated rings. The van der Waals surface area contributed by atoms with Gasteiger partial charge in [0.25, 0.3) is 0 Å². The molecule has 0 rings (SSSR count). The minimum Gasteiger partial charge on any atom is -0.803 e. The van der Waals surface area contributed by atoms with Gasteiger partial charge in [0.1, 0.15) is 0 Å². The molecule has 0 saturated carbocycles. The van der Waals surface area contributed by atoms with Crippen molar-refractivity contribution in [1.29, 1.82) is 0 Å². The van der Waals surface area contributed by atoms with Gasteiger partial charge in [-0.1, -0.05) is 15.5 Å². The van der Waals surface area contributed by atoms with E-state index in [0.29, 0.717) is 0 Å². The molecule has 0 aliphatic carbocycles. The number of halogens is 1. The lowest BCUT2D eigenvalue weighted by atomic mass is 15.8. The summed E-state index contributed by atoms with van der Waals surface area (Å²) in [6.45, 7) is 0. The highest BCUT2D eigenvalue weighted by Crippen LogP contribution is 2.32. The second kappa shape index (κ2) is 1.39. The maximum Gasteiger partial charge on any atom is 0.000141 e. The predicted molar refractivity (Wildman–Crippen MR) is 16.5 cm³/mol. The van der Waals surface area contributed by atoms with Crippen LogP contribution < -0.4 is 9.79 Å². The van der Waals surface area contributed by atoms with Gasteiger partial charge in [0, 0.05) is 6.30 Å². The van der Waals surface area contributed by atoms with Gasteiger partial charge in [-0.25, -0.2) is 0 Å². The van der Waals surface area contributed by atoms with E-state index in [1.165, 1.54) is 0 Å². The summed E-state index contributed by atoms with van der Waals surface area (Å²) in [4.78, 5) is 18.0. The van der Waals surface area contributed by atoms with Crippen LogP contribution in [0, 0.1) is 0 Å². The van der Waals surface area contributed by atoms with Crippen molar-refractivity contribution in [3.05, 3.63) is 0 Å². The van der Waals surface area contributed by atoms with Crippen LogP contribution in [0.4, 0.5) is 0 Å². The van der Waals surface area contributed by atoms with Crippen molar-refractivity contribution >= 4 is 21.8 Å². The van der Waals surface area contributed by atoms with E-state index in [2.05, 4.69) is 0 Å². The van der Waals surface area contributed by atoms with Crippen molar-refractivity contribution < 1.29 is 14.4 Å². The Labute approximate surface area is 36.9 Å². The molecule has 0 atom stereocenters. The number of hydrogen-bond donors (Lipinski definition) is 0. The molecule has 0 aromatic rings. The van der Waals surface area contributed by atoms with E-state index < -0.39 is 6.30 Å². The Morgan fingerprint density at radius 3 is 1.60 bits per heavy atom. The molecular formula is BrO3P-2. The lowest BCUT2D eigenvalue weighted by Crippen LogP contribution is -2.05. The molecule has 0 bridgehead atoms. The molecule has 0 radical (unpaired) electrons. The van der Waals surface area contributed by atoms with Crippen molar-refractivity contribution in [3.8, 4) is 0 Å². The topological polar surface area (TPSA) is 63.2 Å². The van der Waals surface area contributed by atoms with Crippen LogP contribution in [-0.4, -0.2) is 0 Å².